The van der Waals surface area contributed by atoms with Gasteiger partial charge in [-0.15, -0.1) is 0 Å². The molecule has 0 amide bonds. The van der Waals surface area contributed by atoms with E-state index >= 15 is 0 Å². The van der Waals surface area contributed by atoms with E-state index in [9.17, 15) is 4.89 Å². The van der Waals surface area contributed by atoms with Crippen molar-refractivity contribution < 1.29 is 4.89 Å². The van der Waals surface area contributed by atoms with E-state index in [1.807, 2.05) is 18.2 Å². The summed E-state index contributed by atoms with van der Waals surface area (Å²) in [6.45, 7) is 7.10. The quantitative estimate of drug-likeness (QED) is 0.496. The fourth-order valence-electron chi connectivity index (χ4n) is 1.21. The second-order valence-corrected chi connectivity index (χ2v) is 7.51. The number of hydrogen-bond donors (Lipinski definition) is 2. The van der Waals surface area contributed by atoms with Gasteiger partial charge in [0.2, 0.25) is 0 Å². The van der Waals surface area contributed by atoms with Gasteiger partial charge in [0.1, 0.15) is 16.8 Å². The molecule has 0 spiro atoms. The fraction of sp³-hybridized carbons (Fsp3) is 0.182. The predicted molar refractivity (Wildman–Crippen MR) is 73.3 cm³/mol. The standard InChI is InChI=1S/C11H15ClN2OP/c1-8(12)11(13)14-9-6-4-5-7-10(9)16(2,3)15/h4-7,15H,1H2,2-3H3,(H2,13,14)/q+1. The van der Waals surface area contributed by atoms with Gasteiger partial charge in [-0.2, -0.15) is 0 Å². The number of aliphatic imine (C=N–C) groups is 1. The van der Waals surface area contributed by atoms with Gasteiger partial charge < -0.3 is 5.73 Å². The zero-order chi connectivity index (χ0) is 12.3. The van der Waals surface area contributed by atoms with Crippen LogP contribution >= 0.6 is 19.1 Å². The van der Waals surface area contributed by atoms with Gasteiger partial charge in [-0.3, -0.25) is 0 Å². The zero-order valence-electron chi connectivity index (χ0n) is 9.31. The van der Waals surface area contributed by atoms with E-state index in [0.29, 0.717) is 5.69 Å². The topological polar surface area (TPSA) is 58.6 Å². The monoisotopic (exact) mass is 257 g/mol. The first-order valence-corrected chi connectivity index (χ1v) is 7.69. The van der Waals surface area contributed by atoms with Crippen LogP contribution in [-0.4, -0.2) is 24.1 Å². The summed E-state index contributed by atoms with van der Waals surface area (Å²) in [5, 5.41) is 1.000. The van der Waals surface area contributed by atoms with Crippen molar-refractivity contribution in [2.24, 2.45) is 10.7 Å². The summed E-state index contributed by atoms with van der Waals surface area (Å²) in [4.78, 5) is 14.2. The second-order valence-electron chi connectivity index (χ2n) is 3.79. The summed E-state index contributed by atoms with van der Waals surface area (Å²) < 4.78 is 0. The molecule has 5 heteroatoms. The predicted octanol–water partition coefficient (Wildman–Crippen LogP) is 2.24. The Morgan fingerprint density at radius 1 is 1.44 bits per heavy atom. The van der Waals surface area contributed by atoms with Crippen molar-refractivity contribution in [3.63, 3.8) is 0 Å². The van der Waals surface area contributed by atoms with Gasteiger partial charge in [0.25, 0.3) is 0 Å². The minimum absolute atomic E-state index is 0.169. The maximum atomic E-state index is 10.1. The Bertz CT molecular complexity index is 438. The zero-order valence-corrected chi connectivity index (χ0v) is 11.0. The SMILES string of the molecule is C=C(Cl)C(N)=Nc1ccccc1[P+](C)(C)O. The van der Waals surface area contributed by atoms with Gasteiger partial charge in [-0.05, 0) is 12.1 Å². The van der Waals surface area contributed by atoms with Gasteiger partial charge in [0.15, 0.2) is 7.49 Å². The van der Waals surface area contributed by atoms with Crippen LogP contribution in [0.5, 0.6) is 0 Å². The first-order valence-electron chi connectivity index (χ1n) is 4.67. The van der Waals surface area contributed by atoms with E-state index in [1.54, 1.807) is 19.4 Å². The maximum absolute atomic E-state index is 10.1. The van der Waals surface area contributed by atoms with Crippen LogP contribution in [0.25, 0.3) is 0 Å². The molecule has 0 unspecified atom stereocenters. The molecule has 0 saturated heterocycles. The van der Waals surface area contributed by atoms with E-state index in [2.05, 4.69) is 11.6 Å². The molecule has 0 heterocycles. The van der Waals surface area contributed by atoms with Crippen LogP contribution in [0.2, 0.25) is 0 Å². The average Bonchev–Trinajstić information content (AvgIpc) is 2.16. The lowest BCUT2D eigenvalue weighted by Gasteiger charge is -2.11. The normalized spacial score (nSPS) is 12.6. The van der Waals surface area contributed by atoms with Crippen LogP contribution in [0, 0.1) is 0 Å². The summed E-state index contributed by atoms with van der Waals surface area (Å²) in [5.41, 5.74) is 6.25. The van der Waals surface area contributed by atoms with Gasteiger partial charge in [0, 0.05) is 0 Å². The molecule has 3 N–H and O–H groups in total. The lowest BCUT2D eigenvalue weighted by molar-refractivity contribution is 0.625. The summed E-state index contributed by atoms with van der Waals surface area (Å²) in [7, 11) is -2.13. The number of rotatable bonds is 3. The molecule has 86 valence electrons. The lowest BCUT2D eigenvalue weighted by atomic mass is 10.3. The number of amidine groups is 1. The van der Waals surface area contributed by atoms with Gasteiger partial charge >= 0.3 is 0 Å². The van der Waals surface area contributed by atoms with Crippen molar-refractivity contribution in [2.75, 3.05) is 13.3 Å². The van der Waals surface area contributed by atoms with Crippen molar-refractivity contribution >= 4 is 35.9 Å². The molecule has 1 rings (SSSR count). The van der Waals surface area contributed by atoms with Crippen LogP contribution in [0.1, 0.15) is 0 Å². The Morgan fingerprint density at radius 3 is 2.50 bits per heavy atom. The molecule has 0 aliphatic carbocycles. The number of nitrogens with zero attached hydrogens (tertiary/aromatic N) is 1. The van der Waals surface area contributed by atoms with Gasteiger partial charge in [0.05, 0.1) is 18.4 Å². The first-order chi connectivity index (χ1) is 7.32. The highest BCUT2D eigenvalue weighted by atomic mass is 35.5. The van der Waals surface area contributed by atoms with Crippen LogP contribution < -0.4 is 11.0 Å². The van der Waals surface area contributed by atoms with Crippen LogP contribution in [-0.2, 0) is 0 Å². The molecule has 0 radical (unpaired) electrons. The molecule has 0 saturated carbocycles. The Balaban J connectivity index is 3.25. The third kappa shape index (κ3) is 3.31. The van der Waals surface area contributed by atoms with Crippen molar-refractivity contribution in [1.29, 1.82) is 0 Å². The van der Waals surface area contributed by atoms with Crippen LogP contribution in [0.3, 0.4) is 0 Å². The highest BCUT2D eigenvalue weighted by Gasteiger charge is 2.28. The largest absolute Gasteiger partial charge is 0.382 e. The van der Waals surface area contributed by atoms with Crippen molar-refractivity contribution in [1.82, 2.24) is 0 Å². The Labute approximate surface area is 101 Å². The van der Waals surface area contributed by atoms with E-state index < -0.39 is 7.49 Å². The molecule has 3 nitrogen and oxygen atoms in total. The maximum Gasteiger partial charge on any atom is 0.170 e. The van der Waals surface area contributed by atoms with E-state index in [0.717, 1.165) is 5.30 Å². The van der Waals surface area contributed by atoms with Crippen LogP contribution in [0.4, 0.5) is 5.69 Å². The number of nitrogens with two attached hydrogens (primary N) is 1. The molecule has 1 aromatic rings. The first kappa shape index (κ1) is 13.2. The highest BCUT2D eigenvalue weighted by molar-refractivity contribution is 7.76. The Morgan fingerprint density at radius 2 is 2.00 bits per heavy atom. The smallest absolute Gasteiger partial charge is 0.170 e. The molecule has 0 aromatic heterocycles. The van der Waals surface area contributed by atoms with Gasteiger partial charge in [-0.25, -0.2) is 9.89 Å². The Kier molecular flexibility index (Phi) is 4.09. The van der Waals surface area contributed by atoms with E-state index in [-0.39, 0.29) is 10.9 Å². The van der Waals surface area contributed by atoms with E-state index in [4.69, 9.17) is 17.3 Å². The molecule has 0 bridgehead atoms. The molecule has 0 aliphatic heterocycles. The second kappa shape index (κ2) is 4.96. The minimum Gasteiger partial charge on any atom is -0.382 e. The average molecular weight is 258 g/mol. The molecule has 0 fully saturated rings. The minimum atomic E-state index is -2.13. The summed E-state index contributed by atoms with van der Waals surface area (Å²) >= 11 is 5.64. The third-order valence-electron chi connectivity index (χ3n) is 1.99. The highest BCUT2D eigenvalue weighted by Crippen LogP contribution is 2.47. The van der Waals surface area contributed by atoms with Crippen molar-refractivity contribution in [3.8, 4) is 0 Å². The summed E-state index contributed by atoms with van der Waals surface area (Å²) in [6, 6.07) is 7.33. The van der Waals surface area contributed by atoms with E-state index in [1.165, 1.54) is 0 Å². The molecular weight excluding hydrogens is 243 g/mol. The molecular formula is C11H15ClN2OP+. The fourth-order valence-corrected chi connectivity index (χ4v) is 2.39. The number of para-hydroxylation sites is 1. The number of halogens is 1. The number of hydrogen-bond acceptors (Lipinski definition) is 2. The molecule has 16 heavy (non-hydrogen) atoms. The van der Waals surface area contributed by atoms with Gasteiger partial charge in [-0.1, -0.05) is 30.3 Å². The molecule has 0 aliphatic rings. The third-order valence-corrected chi connectivity index (χ3v) is 3.74. The molecule has 0 atom stereocenters. The lowest BCUT2D eigenvalue weighted by Crippen LogP contribution is -2.14. The molecule has 1 aromatic carbocycles. The van der Waals surface area contributed by atoms with Crippen molar-refractivity contribution in [2.45, 2.75) is 0 Å². The Hall–Kier alpha value is -0.890. The van der Waals surface area contributed by atoms with Crippen LogP contribution in [0.15, 0.2) is 40.9 Å². The summed E-state index contributed by atoms with van der Waals surface area (Å²) in [5.74, 6) is 0.169. The number of benzene rings is 1. The van der Waals surface area contributed by atoms with Crippen molar-refractivity contribution in [3.05, 3.63) is 35.9 Å². The summed E-state index contributed by atoms with van der Waals surface area (Å²) in [6.07, 6.45) is 0.